The number of cyclic esters (lactones) is 1. The average molecular weight is 324 g/mol. The van der Waals surface area contributed by atoms with Crippen LogP contribution < -0.4 is 5.32 Å². The van der Waals surface area contributed by atoms with Crippen LogP contribution in [0.3, 0.4) is 0 Å². The van der Waals surface area contributed by atoms with Crippen LogP contribution in [0.4, 0.5) is 4.79 Å². The summed E-state index contributed by atoms with van der Waals surface area (Å²) in [6.07, 6.45) is 0.314. The molecule has 0 spiro atoms. The molecule has 24 heavy (non-hydrogen) atoms. The number of nitrogens with one attached hydrogen (secondary N) is 1. The molecule has 0 saturated carbocycles. The van der Waals surface area contributed by atoms with Gasteiger partial charge in [-0.15, -0.1) is 0 Å². The van der Waals surface area contributed by atoms with Gasteiger partial charge in [0, 0.05) is 6.54 Å². The minimum absolute atomic E-state index is 0.100. The van der Waals surface area contributed by atoms with Crippen molar-refractivity contribution in [1.29, 1.82) is 0 Å². The predicted molar refractivity (Wildman–Crippen MR) is 90.3 cm³/mol. The van der Waals surface area contributed by atoms with E-state index < -0.39 is 12.1 Å². The highest BCUT2D eigenvalue weighted by Gasteiger charge is 2.37. The van der Waals surface area contributed by atoms with Crippen LogP contribution in [0.1, 0.15) is 11.1 Å². The molecule has 0 aromatic heterocycles. The molecule has 2 aromatic carbocycles. The quantitative estimate of drug-likeness (QED) is 0.887. The van der Waals surface area contributed by atoms with Gasteiger partial charge in [0.2, 0.25) is 5.91 Å². The molecular weight excluding hydrogens is 304 g/mol. The van der Waals surface area contributed by atoms with Crippen LogP contribution in [0.5, 0.6) is 0 Å². The molecule has 2 aromatic rings. The van der Waals surface area contributed by atoms with Crippen molar-refractivity contribution in [1.82, 2.24) is 10.2 Å². The number of carbonyl (C=O) groups is 2. The minimum Gasteiger partial charge on any atom is -0.447 e. The van der Waals surface area contributed by atoms with Crippen LogP contribution in [0.2, 0.25) is 0 Å². The molecule has 1 fully saturated rings. The number of benzene rings is 2. The van der Waals surface area contributed by atoms with Crippen molar-refractivity contribution in [2.45, 2.75) is 19.0 Å². The van der Waals surface area contributed by atoms with Gasteiger partial charge in [-0.3, -0.25) is 9.69 Å². The van der Waals surface area contributed by atoms with Gasteiger partial charge in [0.05, 0.1) is 6.54 Å². The fraction of sp³-hybridized carbons (Fsp3) is 0.263. The lowest BCUT2D eigenvalue weighted by Crippen LogP contribution is -2.45. The van der Waals surface area contributed by atoms with Crippen LogP contribution in [0.15, 0.2) is 60.7 Å². The molecule has 0 radical (unpaired) electrons. The summed E-state index contributed by atoms with van der Waals surface area (Å²) in [5.74, 6) is -0.173. The largest absolute Gasteiger partial charge is 0.447 e. The third-order valence-electron chi connectivity index (χ3n) is 4.03. The fourth-order valence-corrected chi connectivity index (χ4v) is 2.71. The number of hydrogen-bond donors (Lipinski definition) is 1. The van der Waals surface area contributed by atoms with Gasteiger partial charge < -0.3 is 10.1 Å². The van der Waals surface area contributed by atoms with E-state index in [1.54, 1.807) is 0 Å². The normalized spacial score (nSPS) is 16.8. The molecule has 1 aliphatic rings. The molecule has 5 heteroatoms. The van der Waals surface area contributed by atoms with E-state index in [9.17, 15) is 9.59 Å². The molecule has 1 saturated heterocycles. The second-order valence-corrected chi connectivity index (χ2v) is 5.73. The molecule has 1 heterocycles. The highest BCUT2D eigenvalue weighted by atomic mass is 16.6. The first-order chi connectivity index (χ1) is 11.7. The standard InChI is InChI=1S/C19H20N2O3/c22-18(20-12-11-15-7-3-1-4-8-15)17-14-24-19(23)21(17)13-16-9-5-2-6-10-16/h1-10,17H,11-14H2,(H,20,22)/t17-/m0/s1. The smallest absolute Gasteiger partial charge is 0.410 e. The van der Waals surface area contributed by atoms with Gasteiger partial charge in [0.25, 0.3) is 0 Å². The molecule has 2 amide bonds. The summed E-state index contributed by atoms with van der Waals surface area (Å²) in [5, 5.41) is 2.90. The topological polar surface area (TPSA) is 58.6 Å². The second kappa shape index (κ2) is 7.64. The predicted octanol–water partition coefficient (Wildman–Crippen LogP) is 2.37. The highest BCUT2D eigenvalue weighted by molar-refractivity contribution is 5.87. The molecule has 1 N–H and O–H groups in total. The molecule has 1 atom stereocenters. The Morgan fingerprint density at radius 3 is 2.33 bits per heavy atom. The van der Waals surface area contributed by atoms with Gasteiger partial charge in [0.15, 0.2) is 0 Å². The number of amides is 2. The maximum absolute atomic E-state index is 12.4. The van der Waals surface area contributed by atoms with Crippen molar-refractivity contribution in [3.05, 3.63) is 71.8 Å². The lowest BCUT2D eigenvalue weighted by molar-refractivity contribution is -0.124. The minimum atomic E-state index is -0.575. The number of rotatable bonds is 6. The van der Waals surface area contributed by atoms with Crippen molar-refractivity contribution in [2.75, 3.05) is 13.2 Å². The number of carbonyl (C=O) groups excluding carboxylic acids is 2. The lowest BCUT2D eigenvalue weighted by Gasteiger charge is -2.20. The molecule has 0 aliphatic carbocycles. The van der Waals surface area contributed by atoms with Gasteiger partial charge in [-0.2, -0.15) is 0 Å². The first-order valence-corrected chi connectivity index (χ1v) is 8.03. The molecule has 124 valence electrons. The van der Waals surface area contributed by atoms with Gasteiger partial charge in [0.1, 0.15) is 12.6 Å². The van der Waals surface area contributed by atoms with E-state index in [0.717, 1.165) is 17.5 Å². The number of nitrogens with zero attached hydrogens (tertiary/aromatic N) is 1. The van der Waals surface area contributed by atoms with E-state index in [2.05, 4.69) is 5.32 Å². The first-order valence-electron chi connectivity index (χ1n) is 8.03. The zero-order valence-corrected chi connectivity index (χ0v) is 13.4. The third kappa shape index (κ3) is 3.93. The van der Waals surface area contributed by atoms with E-state index in [4.69, 9.17) is 4.74 Å². The van der Waals surface area contributed by atoms with Crippen LogP contribution in [0.25, 0.3) is 0 Å². The fourth-order valence-electron chi connectivity index (χ4n) is 2.71. The molecule has 0 bridgehead atoms. The van der Waals surface area contributed by atoms with Crippen molar-refractivity contribution in [3.8, 4) is 0 Å². The Bertz CT molecular complexity index is 688. The molecule has 5 nitrogen and oxygen atoms in total. The lowest BCUT2D eigenvalue weighted by atomic mass is 10.1. The van der Waals surface area contributed by atoms with Gasteiger partial charge >= 0.3 is 6.09 Å². The maximum atomic E-state index is 12.4. The summed E-state index contributed by atoms with van der Waals surface area (Å²) in [6, 6.07) is 19.0. The Balaban J connectivity index is 1.55. The van der Waals surface area contributed by atoms with E-state index in [0.29, 0.717) is 13.1 Å². The zero-order valence-electron chi connectivity index (χ0n) is 13.4. The molecule has 0 unspecified atom stereocenters. The third-order valence-corrected chi connectivity index (χ3v) is 4.03. The maximum Gasteiger partial charge on any atom is 0.410 e. The molecule has 3 rings (SSSR count). The monoisotopic (exact) mass is 324 g/mol. The Hall–Kier alpha value is -2.82. The SMILES string of the molecule is O=C(NCCc1ccccc1)[C@@H]1COC(=O)N1Cc1ccccc1. The van der Waals surface area contributed by atoms with Crippen molar-refractivity contribution in [3.63, 3.8) is 0 Å². The van der Waals surface area contributed by atoms with Gasteiger partial charge in [-0.1, -0.05) is 60.7 Å². The van der Waals surface area contributed by atoms with E-state index in [-0.39, 0.29) is 12.5 Å². The summed E-state index contributed by atoms with van der Waals surface area (Å²) in [7, 11) is 0. The number of hydrogen-bond acceptors (Lipinski definition) is 3. The Morgan fingerprint density at radius 1 is 1.04 bits per heavy atom. The summed E-state index contributed by atoms with van der Waals surface area (Å²) in [5.41, 5.74) is 2.14. The van der Waals surface area contributed by atoms with Crippen molar-refractivity contribution >= 4 is 12.0 Å². The summed E-state index contributed by atoms with van der Waals surface area (Å²) in [4.78, 5) is 25.8. The average Bonchev–Trinajstić information content (AvgIpc) is 2.97. The van der Waals surface area contributed by atoms with Crippen LogP contribution in [-0.2, 0) is 22.5 Å². The molecule has 1 aliphatic heterocycles. The van der Waals surface area contributed by atoms with E-state index in [1.165, 1.54) is 4.90 Å². The summed E-state index contributed by atoms with van der Waals surface area (Å²) < 4.78 is 5.06. The highest BCUT2D eigenvalue weighted by Crippen LogP contribution is 2.16. The van der Waals surface area contributed by atoms with Crippen LogP contribution >= 0.6 is 0 Å². The Kier molecular flexibility index (Phi) is 5.11. The Labute approximate surface area is 141 Å². The zero-order chi connectivity index (χ0) is 16.8. The van der Waals surface area contributed by atoms with E-state index in [1.807, 2.05) is 60.7 Å². The van der Waals surface area contributed by atoms with Gasteiger partial charge in [-0.25, -0.2) is 4.79 Å². The van der Waals surface area contributed by atoms with E-state index >= 15 is 0 Å². The van der Waals surface area contributed by atoms with Crippen molar-refractivity contribution < 1.29 is 14.3 Å². The first kappa shape index (κ1) is 16.1. The van der Waals surface area contributed by atoms with Gasteiger partial charge in [-0.05, 0) is 17.5 Å². The summed E-state index contributed by atoms with van der Waals surface area (Å²) >= 11 is 0. The summed E-state index contributed by atoms with van der Waals surface area (Å²) in [6.45, 7) is 1.01. The van der Waals surface area contributed by atoms with Crippen LogP contribution in [0, 0.1) is 0 Å². The second-order valence-electron chi connectivity index (χ2n) is 5.73. The Morgan fingerprint density at radius 2 is 1.67 bits per heavy atom. The van der Waals surface area contributed by atoms with Crippen LogP contribution in [-0.4, -0.2) is 36.1 Å². The van der Waals surface area contributed by atoms with Crippen molar-refractivity contribution in [2.24, 2.45) is 0 Å². The number of ether oxygens (including phenoxy) is 1. The molecular formula is C19H20N2O3.